The first-order valence-corrected chi connectivity index (χ1v) is 12.7. The van der Waals surface area contributed by atoms with Crippen LogP contribution in [0.1, 0.15) is 37.7 Å². The van der Waals surface area contributed by atoms with Gasteiger partial charge in [0.05, 0.1) is 4.90 Å². The molecule has 3 saturated heterocycles. The van der Waals surface area contributed by atoms with Crippen molar-refractivity contribution in [3.63, 3.8) is 0 Å². The van der Waals surface area contributed by atoms with Crippen molar-refractivity contribution in [3.8, 4) is 0 Å². The van der Waals surface area contributed by atoms with E-state index in [2.05, 4.69) is 0 Å². The second-order valence-corrected chi connectivity index (χ2v) is 10.4. The molecule has 2 amide bonds. The predicted molar refractivity (Wildman–Crippen MR) is 115 cm³/mol. The molecule has 3 fully saturated rings. The normalized spacial score (nSPS) is 22.8. The Morgan fingerprint density at radius 3 is 2.16 bits per heavy atom. The molecule has 9 heteroatoms. The molecule has 0 N–H and O–H groups in total. The van der Waals surface area contributed by atoms with E-state index >= 15 is 0 Å². The molecule has 8 nitrogen and oxygen atoms in total. The number of ether oxygens (including phenoxy) is 1. The van der Waals surface area contributed by atoms with Gasteiger partial charge in [0.15, 0.2) is 0 Å². The Labute approximate surface area is 184 Å². The molecule has 3 aliphatic heterocycles. The highest BCUT2D eigenvalue weighted by molar-refractivity contribution is 7.89. The molecular formula is C22H31N3O5S. The van der Waals surface area contributed by atoms with Crippen molar-refractivity contribution < 1.29 is 22.7 Å². The number of amides is 2. The van der Waals surface area contributed by atoms with Gasteiger partial charge in [-0.2, -0.15) is 4.31 Å². The molecular weight excluding hydrogens is 418 g/mol. The average molecular weight is 450 g/mol. The second-order valence-electron chi connectivity index (χ2n) is 8.46. The molecule has 1 aromatic rings. The highest BCUT2D eigenvalue weighted by Gasteiger charge is 2.31. The molecule has 4 rings (SSSR count). The predicted octanol–water partition coefficient (Wildman–Crippen LogP) is 1.25. The molecule has 0 saturated carbocycles. The highest BCUT2D eigenvalue weighted by atomic mass is 32.2. The Morgan fingerprint density at radius 2 is 1.55 bits per heavy atom. The number of carbonyl (C=O) groups is 2. The number of carbonyl (C=O) groups excluding carboxylic acids is 2. The van der Waals surface area contributed by atoms with Gasteiger partial charge >= 0.3 is 0 Å². The van der Waals surface area contributed by atoms with Crippen LogP contribution in [-0.4, -0.2) is 86.3 Å². The van der Waals surface area contributed by atoms with E-state index < -0.39 is 10.0 Å². The molecule has 1 unspecified atom stereocenters. The van der Waals surface area contributed by atoms with E-state index in [1.165, 1.54) is 4.31 Å². The third-order valence-electron chi connectivity index (χ3n) is 6.40. The van der Waals surface area contributed by atoms with Crippen LogP contribution in [0.25, 0.3) is 0 Å². The SMILES string of the molecule is O=C(CCc1ccc(S(=O)(=O)N2CCCC2)cc1)N1CCN(C(=O)C2CCCO2)CC1. The van der Waals surface area contributed by atoms with E-state index in [1.54, 1.807) is 29.2 Å². The monoisotopic (exact) mass is 449 g/mol. The number of aryl methyl sites for hydroxylation is 1. The van der Waals surface area contributed by atoms with Crippen molar-refractivity contribution >= 4 is 21.8 Å². The molecule has 1 atom stereocenters. The first kappa shape index (κ1) is 22.2. The van der Waals surface area contributed by atoms with Crippen LogP contribution in [0.5, 0.6) is 0 Å². The van der Waals surface area contributed by atoms with Crippen LogP contribution in [0.4, 0.5) is 0 Å². The Balaban J connectivity index is 1.24. The molecule has 0 bridgehead atoms. The van der Waals surface area contributed by atoms with Gasteiger partial charge in [0, 0.05) is 52.3 Å². The number of nitrogens with zero attached hydrogens (tertiary/aromatic N) is 3. The fourth-order valence-electron chi connectivity index (χ4n) is 4.47. The maximum atomic E-state index is 12.6. The maximum absolute atomic E-state index is 12.6. The first-order valence-electron chi connectivity index (χ1n) is 11.2. The summed E-state index contributed by atoms with van der Waals surface area (Å²) in [4.78, 5) is 29.0. The maximum Gasteiger partial charge on any atom is 0.251 e. The quantitative estimate of drug-likeness (QED) is 0.652. The third-order valence-corrected chi connectivity index (χ3v) is 8.32. The van der Waals surface area contributed by atoms with Crippen LogP contribution in [0.3, 0.4) is 0 Å². The van der Waals surface area contributed by atoms with E-state index in [0.29, 0.717) is 63.6 Å². The molecule has 0 spiro atoms. The topological polar surface area (TPSA) is 87.2 Å². The molecule has 170 valence electrons. The van der Waals surface area contributed by atoms with Gasteiger partial charge < -0.3 is 14.5 Å². The van der Waals surface area contributed by atoms with Crippen molar-refractivity contribution in [1.82, 2.24) is 14.1 Å². The molecule has 3 aliphatic rings. The van der Waals surface area contributed by atoms with Gasteiger partial charge in [-0.1, -0.05) is 12.1 Å². The number of rotatable bonds is 6. The largest absolute Gasteiger partial charge is 0.368 e. The standard InChI is InChI=1S/C22H31N3O5S/c26-21(23-13-15-24(16-14-23)22(27)20-4-3-17-30-20)10-7-18-5-8-19(9-6-18)31(28,29)25-11-1-2-12-25/h5-6,8-9,20H,1-4,7,10-17H2. The lowest BCUT2D eigenvalue weighted by Crippen LogP contribution is -2.52. The lowest BCUT2D eigenvalue weighted by Gasteiger charge is -2.35. The molecule has 31 heavy (non-hydrogen) atoms. The lowest BCUT2D eigenvalue weighted by atomic mass is 10.1. The van der Waals surface area contributed by atoms with E-state index in [4.69, 9.17) is 4.74 Å². The van der Waals surface area contributed by atoms with Crippen molar-refractivity contribution in [1.29, 1.82) is 0 Å². The molecule has 3 heterocycles. The van der Waals surface area contributed by atoms with Gasteiger partial charge in [-0.15, -0.1) is 0 Å². The highest BCUT2D eigenvalue weighted by Crippen LogP contribution is 2.21. The minimum Gasteiger partial charge on any atom is -0.368 e. The number of hydrogen-bond donors (Lipinski definition) is 0. The molecule has 1 aromatic carbocycles. The fraction of sp³-hybridized carbons (Fsp3) is 0.636. The van der Waals surface area contributed by atoms with Crippen LogP contribution >= 0.6 is 0 Å². The van der Waals surface area contributed by atoms with E-state index in [9.17, 15) is 18.0 Å². The number of hydrogen-bond acceptors (Lipinski definition) is 5. The second kappa shape index (κ2) is 9.67. The summed E-state index contributed by atoms with van der Waals surface area (Å²) in [5.74, 6) is 0.117. The molecule has 0 radical (unpaired) electrons. The summed E-state index contributed by atoms with van der Waals surface area (Å²) in [5.41, 5.74) is 0.945. The summed E-state index contributed by atoms with van der Waals surface area (Å²) < 4.78 is 32.2. The van der Waals surface area contributed by atoms with Gasteiger partial charge in [0.1, 0.15) is 6.10 Å². The minimum absolute atomic E-state index is 0.0496. The van der Waals surface area contributed by atoms with E-state index in [-0.39, 0.29) is 17.9 Å². The van der Waals surface area contributed by atoms with Crippen LogP contribution in [-0.2, 0) is 30.8 Å². The summed E-state index contributed by atoms with van der Waals surface area (Å²) >= 11 is 0. The Bertz CT molecular complexity index is 882. The lowest BCUT2D eigenvalue weighted by molar-refractivity contribution is -0.146. The summed E-state index contributed by atoms with van der Waals surface area (Å²) in [6, 6.07) is 6.88. The molecule has 0 aliphatic carbocycles. The number of sulfonamides is 1. The van der Waals surface area contributed by atoms with Gasteiger partial charge in [-0.3, -0.25) is 9.59 Å². The van der Waals surface area contributed by atoms with Crippen LogP contribution in [0, 0.1) is 0 Å². The van der Waals surface area contributed by atoms with Crippen molar-refractivity contribution in [3.05, 3.63) is 29.8 Å². The van der Waals surface area contributed by atoms with Crippen LogP contribution in [0.2, 0.25) is 0 Å². The van der Waals surface area contributed by atoms with Gasteiger partial charge in [0.25, 0.3) is 5.91 Å². The average Bonchev–Trinajstić information content (AvgIpc) is 3.52. The van der Waals surface area contributed by atoms with Crippen molar-refractivity contribution in [2.75, 3.05) is 45.9 Å². The smallest absolute Gasteiger partial charge is 0.251 e. The zero-order chi connectivity index (χ0) is 21.8. The zero-order valence-corrected chi connectivity index (χ0v) is 18.7. The van der Waals surface area contributed by atoms with E-state index in [0.717, 1.165) is 31.2 Å². The van der Waals surface area contributed by atoms with Crippen molar-refractivity contribution in [2.24, 2.45) is 0 Å². The summed E-state index contributed by atoms with van der Waals surface area (Å²) in [5, 5.41) is 0. The van der Waals surface area contributed by atoms with E-state index in [1.807, 2.05) is 4.90 Å². The first-order chi connectivity index (χ1) is 14.9. The zero-order valence-electron chi connectivity index (χ0n) is 17.9. The van der Waals surface area contributed by atoms with Crippen LogP contribution in [0.15, 0.2) is 29.2 Å². The van der Waals surface area contributed by atoms with Gasteiger partial charge in [-0.25, -0.2) is 8.42 Å². The summed E-state index contributed by atoms with van der Waals surface area (Å²) in [7, 11) is -3.41. The Hall–Kier alpha value is -1.97. The van der Waals surface area contributed by atoms with Crippen molar-refractivity contribution in [2.45, 2.75) is 49.5 Å². The van der Waals surface area contributed by atoms with Gasteiger partial charge in [-0.05, 0) is 49.8 Å². The number of benzene rings is 1. The van der Waals surface area contributed by atoms with Gasteiger partial charge in [0.2, 0.25) is 15.9 Å². The summed E-state index contributed by atoms with van der Waals surface area (Å²) in [6.45, 7) is 4.02. The van der Waals surface area contributed by atoms with Crippen LogP contribution < -0.4 is 0 Å². The minimum atomic E-state index is -3.41. The summed E-state index contributed by atoms with van der Waals surface area (Å²) in [6.07, 6.45) is 4.18. The Kier molecular flexibility index (Phi) is 6.93. The third kappa shape index (κ3) is 5.10. The molecule has 0 aromatic heterocycles. The fourth-order valence-corrected chi connectivity index (χ4v) is 5.98. The Morgan fingerprint density at radius 1 is 0.903 bits per heavy atom. The number of piperazine rings is 1.